The average Bonchev–Trinajstić information content (AvgIpc) is 2.74. The molecule has 8 heteroatoms. The third-order valence-corrected chi connectivity index (χ3v) is 6.64. The Morgan fingerprint density at radius 3 is 2.30 bits per heavy atom. The number of rotatable bonds is 6. The highest BCUT2D eigenvalue weighted by atomic mass is 32.2. The van der Waals surface area contributed by atoms with Crippen molar-refractivity contribution in [2.75, 3.05) is 26.2 Å². The van der Waals surface area contributed by atoms with E-state index in [4.69, 9.17) is 0 Å². The van der Waals surface area contributed by atoms with Crippen LogP contribution in [0.3, 0.4) is 0 Å². The lowest BCUT2D eigenvalue weighted by Crippen LogP contribution is -2.49. The topological polar surface area (TPSA) is 93.5 Å². The van der Waals surface area contributed by atoms with Crippen LogP contribution in [0.5, 0.6) is 0 Å². The zero-order valence-corrected chi connectivity index (χ0v) is 18.0. The van der Waals surface area contributed by atoms with Gasteiger partial charge in [-0.15, -0.1) is 0 Å². The standard InChI is InChI=1S/C22H26N4O3S/c1-17(2)24-30(28,29)20-10-6-9-19(15-20)22(27)26-13-11-25(12-14-26)21(16-23)18-7-4-3-5-8-18/h3-10,15,17,21,24H,11-14H2,1-2H3. The van der Waals surface area contributed by atoms with Crippen molar-refractivity contribution in [3.8, 4) is 6.07 Å². The summed E-state index contributed by atoms with van der Waals surface area (Å²) in [4.78, 5) is 16.8. The number of hydrogen-bond donors (Lipinski definition) is 1. The van der Waals surface area contributed by atoms with Crippen molar-refractivity contribution in [1.29, 1.82) is 5.26 Å². The Morgan fingerprint density at radius 2 is 1.70 bits per heavy atom. The molecule has 0 bridgehead atoms. The molecule has 1 fully saturated rings. The third-order valence-electron chi connectivity index (χ3n) is 4.99. The highest BCUT2D eigenvalue weighted by molar-refractivity contribution is 7.89. The maximum atomic E-state index is 12.9. The molecular formula is C22H26N4O3S. The van der Waals surface area contributed by atoms with E-state index in [2.05, 4.69) is 15.7 Å². The van der Waals surface area contributed by atoms with Gasteiger partial charge in [0.05, 0.1) is 11.0 Å². The fourth-order valence-electron chi connectivity index (χ4n) is 3.54. The molecule has 0 radical (unpaired) electrons. The molecule has 3 rings (SSSR count). The van der Waals surface area contributed by atoms with Crippen molar-refractivity contribution in [2.45, 2.75) is 30.8 Å². The monoisotopic (exact) mass is 426 g/mol. The first kappa shape index (κ1) is 22.0. The summed E-state index contributed by atoms with van der Waals surface area (Å²) in [6, 6.07) is 17.5. The van der Waals surface area contributed by atoms with Gasteiger partial charge in [-0.2, -0.15) is 5.26 Å². The predicted octanol–water partition coefficient (Wildman–Crippen LogP) is 2.40. The number of carbonyl (C=O) groups excluding carboxylic acids is 1. The lowest BCUT2D eigenvalue weighted by molar-refractivity contribution is 0.0606. The zero-order valence-electron chi connectivity index (χ0n) is 17.2. The summed E-state index contributed by atoms with van der Waals surface area (Å²) in [6.45, 7) is 5.60. The minimum Gasteiger partial charge on any atom is -0.336 e. The molecule has 1 aliphatic rings. The molecule has 1 heterocycles. The SMILES string of the molecule is CC(C)NS(=O)(=O)c1cccc(C(=O)N2CCN(C(C#N)c3ccccc3)CC2)c1. The van der Waals surface area contributed by atoms with Crippen LogP contribution < -0.4 is 4.72 Å². The van der Waals surface area contributed by atoms with E-state index in [0.717, 1.165) is 5.56 Å². The van der Waals surface area contributed by atoms with Gasteiger partial charge >= 0.3 is 0 Å². The molecule has 2 aromatic carbocycles. The minimum absolute atomic E-state index is 0.0781. The first-order chi connectivity index (χ1) is 14.3. The Morgan fingerprint density at radius 1 is 1.03 bits per heavy atom. The molecule has 1 N–H and O–H groups in total. The smallest absolute Gasteiger partial charge is 0.253 e. The highest BCUT2D eigenvalue weighted by Crippen LogP contribution is 2.22. The van der Waals surface area contributed by atoms with E-state index in [1.807, 2.05) is 30.3 Å². The van der Waals surface area contributed by atoms with Crippen LogP contribution >= 0.6 is 0 Å². The van der Waals surface area contributed by atoms with Gasteiger partial charge in [0.1, 0.15) is 6.04 Å². The van der Waals surface area contributed by atoms with E-state index >= 15 is 0 Å². The number of amides is 1. The molecule has 1 atom stereocenters. The quantitative estimate of drug-likeness (QED) is 0.766. The van der Waals surface area contributed by atoms with Crippen LogP contribution in [0.1, 0.15) is 35.8 Å². The summed E-state index contributed by atoms with van der Waals surface area (Å²) < 4.78 is 27.3. The largest absolute Gasteiger partial charge is 0.336 e. The number of nitrogens with one attached hydrogen (secondary N) is 1. The number of nitriles is 1. The Labute approximate surface area is 178 Å². The van der Waals surface area contributed by atoms with Crippen LogP contribution in [-0.2, 0) is 10.0 Å². The number of hydrogen-bond acceptors (Lipinski definition) is 5. The Hall–Kier alpha value is -2.73. The first-order valence-electron chi connectivity index (χ1n) is 9.92. The Balaban J connectivity index is 1.69. The molecule has 0 aromatic heterocycles. The fourth-order valence-corrected chi connectivity index (χ4v) is 4.84. The van der Waals surface area contributed by atoms with Crippen LogP contribution in [0, 0.1) is 11.3 Å². The van der Waals surface area contributed by atoms with Gasteiger partial charge in [0, 0.05) is 37.8 Å². The second-order valence-corrected chi connectivity index (χ2v) is 9.29. The number of benzene rings is 2. The van der Waals surface area contributed by atoms with Gasteiger partial charge in [-0.25, -0.2) is 13.1 Å². The number of nitrogens with zero attached hydrogens (tertiary/aromatic N) is 3. The molecule has 0 spiro atoms. The number of piperazine rings is 1. The van der Waals surface area contributed by atoms with Crippen molar-refractivity contribution < 1.29 is 13.2 Å². The molecule has 1 amide bonds. The van der Waals surface area contributed by atoms with Gasteiger partial charge in [-0.1, -0.05) is 36.4 Å². The summed E-state index contributed by atoms with van der Waals surface area (Å²) in [7, 11) is -3.67. The lowest BCUT2D eigenvalue weighted by Gasteiger charge is -2.37. The summed E-state index contributed by atoms with van der Waals surface area (Å²) in [5.74, 6) is -0.204. The van der Waals surface area contributed by atoms with Gasteiger partial charge < -0.3 is 4.90 Å². The maximum Gasteiger partial charge on any atom is 0.253 e. The molecule has 1 unspecified atom stereocenters. The van der Waals surface area contributed by atoms with Gasteiger partial charge in [0.25, 0.3) is 5.91 Å². The molecule has 1 aliphatic heterocycles. The van der Waals surface area contributed by atoms with E-state index in [1.54, 1.807) is 30.9 Å². The van der Waals surface area contributed by atoms with Crippen molar-refractivity contribution in [2.24, 2.45) is 0 Å². The zero-order chi connectivity index (χ0) is 21.7. The van der Waals surface area contributed by atoms with Gasteiger partial charge in [0.2, 0.25) is 10.0 Å². The highest BCUT2D eigenvalue weighted by Gasteiger charge is 2.28. The second kappa shape index (κ2) is 9.39. The van der Waals surface area contributed by atoms with Crippen LogP contribution in [-0.4, -0.2) is 56.3 Å². The normalized spacial score (nSPS) is 16.3. The Kier molecular flexibility index (Phi) is 6.87. The van der Waals surface area contributed by atoms with Crippen molar-refractivity contribution in [3.63, 3.8) is 0 Å². The number of sulfonamides is 1. The van der Waals surface area contributed by atoms with E-state index in [-0.39, 0.29) is 22.9 Å². The van der Waals surface area contributed by atoms with E-state index in [1.165, 1.54) is 12.1 Å². The van der Waals surface area contributed by atoms with Gasteiger partial charge in [-0.05, 0) is 37.6 Å². The third kappa shape index (κ3) is 5.05. The predicted molar refractivity (Wildman–Crippen MR) is 114 cm³/mol. The van der Waals surface area contributed by atoms with Gasteiger partial charge in [0.15, 0.2) is 0 Å². The summed E-state index contributed by atoms with van der Waals surface area (Å²) >= 11 is 0. The van der Waals surface area contributed by atoms with Crippen molar-refractivity contribution >= 4 is 15.9 Å². The van der Waals surface area contributed by atoms with Crippen LogP contribution in [0.25, 0.3) is 0 Å². The number of carbonyl (C=O) groups is 1. The maximum absolute atomic E-state index is 12.9. The van der Waals surface area contributed by atoms with E-state index in [0.29, 0.717) is 31.7 Å². The molecule has 0 aliphatic carbocycles. The molecular weight excluding hydrogens is 400 g/mol. The van der Waals surface area contributed by atoms with E-state index in [9.17, 15) is 18.5 Å². The fraction of sp³-hybridized carbons (Fsp3) is 0.364. The van der Waals surface area contributed by atoms with Crippen LogP contribution in [0.2, 0.25) is 0 Å². The van der Waals surface area contributed by atoms with Crippen LogP contribution in [0.4, 0.5) is 0 Å². The molecule has 2 aromatic rings. The molecule has 30 heavy (non-hydrogen) atoms. The lowest BCUT2D eigenvalue weighted by atomic mass is 10.1. The first-order valence-corrected chi connectivity index (χ1v) is 11.4. The van der Waals surface area contributed by atoms with Crippen molar-refractivity contribution in [3.05, 3.63) is 65.7 Å². The summed E-state index contributed by atoms with van der Waals surface area (Å²) in [6.07, 6.45) is 0. The second-order valence-electron chi connectivity index (χ2n) is 7.57. The summed E-state index contributed by atoms with van der Waals surface area (Å²) in [5.41, 5.74) is 1.28. The average molecular weight is 427 g/mol. The van der Waals surface area contributed by atoms with Crippen molar-refractivity contribution in [1.82, 2.24) is 14.5 Å². The minimum atomic E-state index is -3.67. The van der Waals surface area contributed by atoms with Crippen LogP contribution in [0.15, 0.2) is 59.5 Å². The molecule has 0 saturated carbocycles. The van der Waals surface area contributed by atoms with E-state index < -0.39 is 10.0 Å². The molecule has 7 nitrogen and oxygen atoms in total. The summed E-state index contributed by atoms with van der Waals surface area (Å²) in [5, 5.41) is 9.62. The Bertz CT molecular complexity index is 1020. The molecule has 1 saturated heterocycles. The van der Waals surface area contributed by atoms with Gasteiger partial charge in [-0.3, -0.25) is 9.69 Å². The molecule has 158 valence electrons.